The van der Waals surface area contributed by atoms with Crippen molar-refractivity contribution in [2.45, 2.75) is 0 Å². The van der Waals surface area contributed by atoms with E-state index in [9.17, 15) is 4.79 Å². The van der Waals surface area contributed by atoms with Crippen molar-refractivity contribution in [3.05, 3.63) is 54.4 Å². The number of imidazole rings is 1. The summed E-state index contributed by atoms with van der Waals surface area (Å²) in [6.45, 7) is 0. The summed E-state index contributed by atoms with van der Waals surface area (Å²) < 4.78 is 10.4. The van der Waals surface area contributed by atoms with Crippen LogP contribution in [0.4, 0.5) is 0 Å². The number of nitrogens with one attached hydrogen (secondary N) is 1. The number of ether oxygens (including phenoxy) is 2. The molecule has 0 aliphatic heterocycles. The third-order valence-corrected chi connectivity index (χ3v) is 2.91. The highest BCUT2D eigenvalue weighted by Crippen LogP contribution is 2.20. The lowest BCUT2D eigenvalue weighted by Gasteiger charge is -2.05. The van der Waals surface area contributed by atoms with Gasteiger partial charge in [0.2, 0.25) is 0 Å². The Morgan fingerprint density at radius 3 is 2.90 bits per heavy atom. The number of aromatic amines is 1. The Hall–Kier alpha value is -2.82. The molecule has 0 aliphatic carbocycles. The minimum atomic E-state index is -0.428. The summed E-state index contributed by atoms with van der Waals surface area (Å²) in [4.78, 5) is 19.1. The van der Waals surface area contributed by atoms with Crippen LogP contribution in [0.1, 0.15) is 10.4 Å². The number of rotatable bonds is 3. The Morgan fingerprint density at radius 2 is 2.05 bits per heavy atom. The minimum absolute atomic E-state index is 0.428. The lowest BCUT2D eigenvalue weighted by Crippen LogP contribution is -2.08. The number of methoxy groups -OCH3 is 1. The van der Waals surface area contributed by atoms with Gasteiger partial charge in [0.1, 0.15) is 11.5 Å². The van der Waals surface area contributed by atoms with Crippen LogP contribution in [0.5, 0.6) is 11.5 Å². The molecule has 1 aromatic heterocycles. The van der Waals surface area contributed by atoms with Crippen molar-refractivity contribution in [1.82, 2.24) is 9.97 Å². The molecular weight excluding hydrogens is 256 g/mol. The quantitative estimate of drug-likeness (QED) is 0.586. The molecule has 0 radical (unpaired) electrons. The number of nitrogens with zero attached hydrogens (tertiary/aromatic N) is 1. The van der Waals surface area contributed by atoms with Crippen LogP contribution in [0.2, 0.25) is 0 Å². The Balaban J connectivity index is 1.83. The topological polar surface area (TPSA) is 64.2 Å². The second kappa shape index (κ2) is 5.05. The van der Waals surface area contributed by atoms with E-state index in [2.05, 4.69) is 9.97 Å². The summed E-state index contributed by atoms with van der Waals surface area (Å²) in [5.41, 5.74) is 2.08. The predicted octanol–water partition coefficient (Wildman–Crippen LogP) is 2.79. The molecule has 0 fully saturated rings. The Labute approximate surface area is 115 Å². The number of esters is 1. The summed E-state index contributed by atoms with van der Waals surface area (Å²) in [5.74, 6) is 0.654. The smallest absolute Gasteiger partial charge is 0.343 e. The van der Waals surface area contributed by atoms with Crippen molar-refractivity contribution >= 4 is 17.0 Å². The standard InChI is InChI=1S/C15H12N2O3/c1-19-11-4-2-3-10(7-11)15(18)20-12-5-6-13-14(8-12)17-9-16-13/h2-9H,1H3,(H,16,17). The SMILES string of the molecule is COc1cccc(C(=O)Oc2ccc3nc[nH]c3c2)c1. The molecule has 0 spiro atoms. The number of carbonyl (C=O) groups is 1. The van der Waals surface area contributed by atoms with Gasteiger partial charge in [0.15, 0.2) is 0 Å². The molecule has 0 bridgehead atoms. The molecule has 0 unspecified atom stereocenters. The largest absolute Gasteiger partial charge is 0.497 e. The van der Waals surface area contributed by atoms with Crippen LogP contribution >= 0.6 is 0 Å². The molecule has 0 aliphatic rings. The average molecular weight is 268 g/mol. The maximum atomic E-state index is 12.1. The van der Waals surface area contributed by atoms with Crippen LogP contribution in [-0.4, -0.2) is 23.0 Å². The molecule has 5 heteroatoms. The fraction of sp³-hybridized carbons (Fsp3) is 0.0667. The van der Waals surface area contributed by atoms with Gasteiger partial charge < -0.3 is 14.5 Å². The van der Waals surface area contributed by atoms with Crippen molar-refractivity contribution < 1.29 is 14.3 Å². The second-order valence-corrected chi connectivity index (χ2v) is 4.20. The zero-order valence-electron chi connectivity index (χ0n) is 10.8. The first-order valence-electron chi connectivity index (χ1n) is 6.05. The van der Waals surface area contributed by atoms with Crippen LogP contribution in [-0.2, 0) is 0 Å². The van der Waals surface area contributed by atoms with E-state index in [0.29, 0.717) is 17.1 Å². The van der Waals surface area contributed by atoms with Gasteiger partial charge in [-0.3, -0.25) is 0 Å². The zero-order valence-corrected chi connectivity index (χ0v) is 10.8. The van der Waals surface area contributed by atoms with E-state index in [1.165, 1.54) is 0 Å². The lowest BCUT2D eigenvalue weighted by atomic mass is 10.2. The molecule has 0 saturated carbocycles. The number of hydrogen-bond acceptors (Lipinski definition) is 4. The number of carbonyl (C=O) groups excluding carboxylic acids is 1. The van der Waals surface area contributed by atoms with Crippen molar-refractivity contribution in [1.29, 1.82) is 0 Å². The Morgan fingerprint density at radius 1 is 1.15 bits per heavy atom. The number of hydrogen-bond donors (Lipinski definition) is 1. The maximum Gasteiger partial charge on any atom is 0.343 e. The molecule has 5 nitrogen and oxygen atoms in total. The van der Waals surface area contributed by atoms with Crippen LogP contribution < -0.4 is 9.47 Å². The molecule has 0 saturated heterocycles. The van der Waals surface area contributed by atoms with E-state index < -0.39 is 5.97 Å². The first-order valence-corrected chi connectivity index (χ1v) is 6.05. The zero-order chi connectivity index (χ0) is 13.9. The first kappa shape index (κ1) is 12.2. The summed E-state index contributed by atoms with van der Waals surface area (Å²) in [7, 11) is 1.55. The van der Waals surface area contributed by atoms with Gasteiger partial charge >= 0.3 is 5.97 Å². The molecule has 1 heterocycles. The molecule has 0 amide bonds. The van der Waals surface area contributed by atoms with Gasteiger partial charge in [0.05, 0.1) is 30.0 Å². The van der Waals surface area contributed by atoms with Crippen LogP contribution in [0.25, 0.3) is 11.0 Å². The van der Waals surface area contributed by atoms with Gasteiger partial charge in [-0.05, 0) is 30.3 Å². The fourth-order valence-corrected chi connectivity index (χ4v) is 1.89. The molecule has 2 aromatic carbocycles. The highest BCUT2D eigenvalue weighted by Gasteiger charge is 2.10. The van der Waals surface area contributed by atoms with E-state index in [-0.39, 0.29) is 0 Å². The van der Waals surface area contributed by atoms with Crippen LogP contribution in [0.3, 0.4) is 0 Å². The van der Waals surface area contributed by atoms with E-state index in [1.54, 1.807) is 55.9 Å². The van der Waals surface area contributed by atoms with Gasteiger partial charge in [-0.2, -0.15) is 0 Å². The fourth-order valence-electron chi connectivity index (χ4n) is 1.89. The van der Waals surface area contributed by atoms with Crippen LogP contribution in [0, 0.1) is 0 Å². The number of fused-ring (bicyclic) bond motifs is 1. The summed E-state index contributed by atoms with van der Waals surface area (Å²) >= 11 is 0. The third kappa shape index (κ3) is 2.33. The molecule has 1 N–H and O–H groups in total. The second-order valence-electron chi connectivity index (χ2n) is 4.20. The van der Waals surface area contributed by atoms with E-state index in [1.807, 2.05) is 0 Å². The molecule has 0 atom stereocenters. The molecule has 20 heavy (non-hydrogen) atoms. The van der Waals surface area contributed by atoms with Crippen molar-refractivity contribution in [2.24, 2.45) is 0 Å². The van der Waals surface area contributed by atoms with Gasteiger partial charge in [0.25, 0.3) is 0 Å². The summed E-state index contributed by atoms with van der Waals surface area (Å²) in [6.07, 6.45) is 1.60. The van der Waals surface area contributed by atoms with Crippen molar-refractivity contribution in [3.8, 4) is 11.5 Å². The first-order chi connectivity index (χ1) is 9.76. The normalized spacial score (nSPS) is 10.4. The van der Waals surface area contributed by atoms with Gasteiger partial charge in [-0.1, -0.05) is 6.07 Å². The summed E-state index contributed by atoms with van der Waals surface area (Å²) in [6, 6.07) is 12.1. The highest BCUT2D eigenvalue weighted by atomic mass is 16.5. The predicted molar refractivity (Wildman–Crippen MR) is 74.0 cm³/mol. The maximum absolute atomic E-state index is 12.1. The number of benzene rings is 2. The van der Waals surface area contributed by atoms with Crippen LogP contribution in [0.15, 0.2) is 48.8 Å². The van der Waals surface area contributed by atoms with E-state index >= 15 is 0 Å². The highest BCUT2D eigenvalue weighted by molar-refractivity contribution is 5.92. The molecule has 3 rings (SSSR count). The van der Waals surface area contributed by atoms with Gasteiger partial charge in [-0.15, -0.1) is 0 Å². The third-order valence-electron chi connectivity index (χ3n) is 2.91. The number of aromatic nitrogens is 2. The van der Waals surface area contributed by atoms with Crippen molar-refractivity contribution in [3.63, 3.8) is 0 Å². The van der Waals surface area contributed by atoms with E-state index in [0.717, 1.165) is 11.0 Å². The van der Waals surface area contributed by atoms with Gasteiger partial charge in [-0.25, -0.2) is 9.78 Å². The Kier molecular flexibility index (Phi) is 3.09. The monoisotopic (exact) mass is 268 g/mol. The van der Waals surface area contributed by atoms with Crippen molar-refractivity contribution in [2.75, 3.05) is 7.11 Å². The molecule has 100 valence electrons. The number of H-pyrrole nitrogens is 1. The molecule has 3 aromatic rings. The summed E-state index contributed by atoms with van der Waals surface area (Å²) in [5, 5.41) is 0. The molecular formula is C15H12N2O3. The lowest BCUT2D eigenvalue weighted by molar-refractivity contribution is 0.0734. The van der Waals surface area contributed by atoms with E-state index in [4.69, 9.17) is 9.47 Å². The average Bonchev–Trinajstić information content (AvgIpc) is 2.95. The minimum Gasteiger partial charge on any atom is -0.497 e. The van der Waals surface area contributed by atoms with Gasteiger partial charge in [0, 0.05) is 6.07 Å². The Bertz CT molecular complexity index is 764.